The molecule has 0 aliphatic rings. The molecule has 4 nitrogen and oxygen atoms in total. The standard InChI is InChI=1S/C12H22N4/c1-10(2)16(3)8-4-6-14-12-9-11(13)5-7-15-12/h5,7,9-10H,4,6,8H2,1-3H3,(H3,13,14,15). The van der Waals surface area contributed by atoms with Crippen molar-refractivity contribution in [1.29, 1.82) is 0 Å². The first-order chi connectivity index (χ1) is 7.59. The molecule has 0 bridgehead atoms. The van der Waals surface area contributed by atoms with Gasteiger partial charge in [0.05, 0.1) is 0 Å². The van der Waals surface area contributed by atoms with Crippen LogP contribution < -0.4 is 11.1 Å². The summed E-state index contributed by atoms with van der Waals surface area (Å²) in [5.74, 6) is 0.854. The minimum absolute atomic E-state index is 0.602. The maximum atomic E-state index is 5.66. The number of pyridine rings is 1. The van der Waals surface area contributed by atoms with Crippen LogP contribution in [0.2, 0.25) is 0 Å². The third kappa shape index (κ3) is 4.49. The van der Waals surface area contributed by atoms with Crippen molar-refractivity contribution in [2.24, 2.45) is 0 Å². The zero-order valence-corrected chi connectivity index (χ0v) is 10.4. The molecule has 0 unspecified atom stereocenters. The summed E-state index contributed by atoms with van der Waals surface area (Å²) in [5, 5.41) is 3.26. The van der Waals surface area contributed by atoms with Gasteiger partial charge >= 0.3 is 0 Å². The molecule has 3 N–H and O–H groups in total. The van der Waals surface area contributed by atoms with Gasteiger partial charge in [-0.05, 0) is 39.9 Å². The van der Waals surface area contributed by atoms with Gasteiger partial charge in [0.25, 0.3) is 0 Å². The Bertz CT molecular complexity index is 312. The van der Waals surface area contributed by atoms with Gasteiger partial charge in [-0.1, -0.05) is 0 Å². The maximum absolute atomic E-state index is 5.66. The number of hydrogen-bond acceptors (Lipinski definition) is 4. The second-order valence-corrected chi connectivity index (χ2v) is 4.33. The first-order valence-corrected chi connectivity index (χ1v) is 5.75. The molecule has 0 radical (unpaired) electrons. The highest BCUT2D eigenvalue weighted by molar-refractivity contribution is 5.48. The molecule has 1 aromatic rings. The predicted octanol–water partition coefficient (Wildman–Crippen LogP) is 1.81. The van der Waals surface area contributed by atoms with Crippen LogP contribution in [0.15, 0.2) is 18.3 Å². The van der Waals surface area contributed by atoms with Crippen LogP contribution >= 0.6 is 0 Å². The largest absolute Gasteiger partial charge is 0.399 e. The number of rotatable bonds is 6. The number of aromatic nitrogens is 1. The van der Waals surface area contributed by atoms with E-state index in [9.17, 15) is 0 Å². The van der Waals surface area contributed by atoms with Crippen LogP contribution in [0.1, 0.15) is 20.3 Å². The first-order valence-electron chi connectivity index (χ1n) is 5.75. The van der Waals surface area contributed by atoms with Gasteiger partial charge in [-0.2, -0.15) is 0 Å². The van der Waals surface area contributed by atoms with E-state index >= 15 is 0 Å². The van der Waals surface area contributed by atoms with Crippen molar-refractivity contribution in [3.8, 4) is 0 Å². The van der Waals surface area contributed by atoms with Crippen molar-refractivity contribution in [2.45, 2.75) is 26.3 Å². The number of nitrogens with one attached hydrogen (secondary N) is 1. The Labute approximate surface area is 97.9 Å². The molecular weight excluding hydrogens is 200 g/mol. The summed E-state index contributed by atoms with van der Waals surface area (Å²) in [6.07, 6.45) is 2.82. The lowest BCUT2D eigenvalue weighted by atomic mass is 10.3. The van der Waals surface area contributed by atoms with Crippen molar-refractivity contribution in [2.75, 3.05) is 31.2 Å². The molecule has 0 fully saturated rings. The quantitative estimate of drug-likeness (QED) is 0.721. The lowest BCUT2D eigenvalue weighted by molar-refractivity contribution is 0.273. The normalized spacial score (nSPS) is 11.1. The number of nitrogen functional groups attached to an aromatic ring is 1. The third-order valence-electron chi connectivity index (χ3n) is 2.66. The van der Waals surface area contributed by atoms with E-state index in [1.165, 1.54) is 0 Å². The van der Waals surface area contributed by atoms with E-state index in [1.54, 1.807) is 12.3 Å². The number of nitrogens with zero attached hydrogens (tertiary/aromatic N) is 2. The van der Waals surface area contributed by atoms with E-state index in [0.29, 0.717) is 6.04 Å². The Morgan fingerprint density at radius 1 is 1.50 bits per heavy atom. The Morgan fingerprint density at radius 3 is 2.88 bits per heavy atom. The minimum Gasteiger partial charge on any atom is -0.399 e. The molecule has 0 saturated carbocycles. The topological polar surface area (TPSA) is 54.2 Å². The fourth-order valence-electron chi connectivity index (χ4n) is 1.35. The van der Waals surface area contributed by atoms with Crippen molar-refractivity contribution < 1.29 is 0 Å². The summed E-state index contributed by atoms with van der Waals surface area (Å²) in [6, 6.07) is 4.25. The average molecular weight is 222 g/mol. The molecule has 1 rings (SSSR count). The molecule has 90 valence electrons. The Balaban J connectivity index is 2.21. The van der Waals surface area contributed by atoms with E-state index in [1.807, 2.05) is 6.07 Å². The summed E-state index contributed by atoms with van der Waals surface area (Å²) < 4.78 is 0. The van der Waals surface area contributed by atoms with Crippen LogP contribution in [-0.2, 0) is 0 Å². The van der Waals surface area contributed by atoms with Gasteiger partial charge in [0.2, 0.25) is 0 Å². The van der Waals surface area contributed by atoms with E-state index in [0.717, 1.165) is 31.0 Å². The molecule has 0 aromatic carbocycles. The smallest absolute Gasteiger partial charge is 0.127 e. The van der Waals surface area contributed by atoms with E-state index in [-0.39, 0.29) is 0 Å². The highest BCUT2D eigenvalue weighted by atomic mass is 15.1. The fourth-order valence-corrected chi connectivity index (χ4v) is 1.35. The molecule has 0 atom stereocenters. The SMILES string of the molecule is CC(C)N(C)CCCNc1cc(N)ccn1. The Kier molecular flexibility index (Phi) is 5.05. The average Bonchev–Trinajstić information content (AvgIpc) is 2.24. The molecule has 0 spiro atoms. The van der Waals surface area contributed by atoms with Gasteiger partial charge in [-0.3, -0.25) is 0 Å². The van der Waals surface area contributed by atoms with E-state index in [4.69, 9.17) is 5.73 Å². The van der Waals surface area contributed by atoms with Gasteiger partial charge in [0.15, 0.2) is 0 Å². The summed E-state index contributed by atoms with van der Waals surface area (Å²) in [6.45, 7) is 6.42. The highest BCUT2D eigenvalue weighted by Crippen LogP contribution is 2.07. The van der Waals surface area contributed by atoms with Crippen LogP contribution in [-0.4, -0.2) is 36.1 Å². The van der Waals surface area contributed by atoms with Crippen LogP contribution in [0.4, 0.5) is 11.5 Å². The van der Waals surface area contributed by atoms with Crippen LogP contribution in [0.5, 0.6) is 0 Å². The monoisotopic (exact) mass is 222 g/mol. The molecule has 0 saturated heterocycles. The van der Waals surface area contributed by atoms with Crippen LogP contribution in [0.25, 0.3) is 0 Å². The summed E-state index contributed by atoms with van der Waals surface area (Å²) >= 11 is 0. The van der Waals surface area contributed by atoms with Crippen molar-refractivity contribution in [1.82, 2.24) is 9.88 Å². The second-order valence-electron chi connectivity index (χ2n) is 4.33. The number of anilines is 2. The van der Waals surface area contributed by atoms with Crippen LogP contribution in [0, 0.1) is 0 Å². The van der Waals surface area contributed by atoms with E-state index < -0.39 is 0 Å². The highest BCUT2D eigenvalue weighted by Gasteiger charge is 2.01. The molecule has 16 heavy (non-hydrogen) atoms. The lowest BCUT2D eigenvalue weighted by Crippen LogP contribution is -2.28. The lowest BCUT2D eigenvalue weighted by Gasteiger charge is -2.20. The number of nitrogens with two attached hydrogens (primary N) is 1. The minimum atomic E-state index is 0.602. The number of hydrogen-bond donors (Lipinski definition) is 2. The van der Waals surface area contributed by atoms with Crippen LogP contribution in [0.3, 0.4) is 0 Å². The second kappa shape index (κ2) is 6.33. The molecular formula is C12H22N4. The zero-order chi connectivity index (χ0) is 12.0. The Hall–Kier alpha value is -1.29. The molecule has 0 aliphatic carbocycles. The van der Waals surface area contributed by atoms with Gasteiger partial charge < -0.3 is 16.0 Å². The third-order valence-corrected chi connectivity index (χ3v) is 2.66. The summed E-state index contributed by atoms with van der Waals surface area (Å²) in [7, 11) is 2.14. The van der Waals surface area contributed by atoms with Gasteiger partial charge in [-0.25, -0.2) is 4.98 Å². The molecule has 1 heterocycles. The zero-order valence-electron chi connectivity index (χ0n) is 10.4. The van der Waals surface area contributed by atoms with Gasteiger partial charge in [-0.15, -0.1) is 0 Å². The Morgan fingerprint density at radius 2 is 2.25 bits per heavy atom. The van der Waals surface area contributed by atoms with E-state index in [2.05, 4.69) is 36.1 Å². The fraction of sp³-hybridized carbons (Fsp3) is 0.583. The van der Waals surface area contributed by atoms with Crippen molar-refractivity contribution in [3.05, 3.63) is 18.3 Å². The van der Waals surface area contributed by atoms with Crippen molar-refractivity contribution in [3.63, 3.8) is 0 Å². The predicted molar refractivity (Wildman–Crippen MR) is 69.5 cm³/mol. The maximum Gasteiger partial charge on any atom is 0.127 e. The molecule has 0 amide bonds. The first kappa shape index (κ1) is 12.8. The summed E-state index contributed by atoms with van der Waals surface area (Å²) in [4.78, 5) is 6.51. The van der Waals surface area contributed by atoms with Gasteiger partial charge in [0, 0.05) is 30.5 Å². The molecule has 1 aromatic heterocycles. The summed E-state index contributed by atoms with van der Waals surface area (Å²) in [5.41, 5.74) is 6.41. The van der Waals surface area contributed by atoms with Gasteiger partial charge in [0.1, 0.15) is 5.82 Å². The molecule has 4 heteroatoms. The molecule has 0 aliphatic heterocycles. The van der Waals surface area contributed by atoms with Crippen molar-refractivity contribution >= 4 is 11.5 Å².